The van der Waals surface area contributed by atoms with Gasteiger partial charge in [0.1, 0.15) is 6.04 Å². The van der Waals surface area contributed by atoms with Crippen LogP contribution in [0.1, 0.15) is 26.7 Å². The SMILES string of the molecule is CC(C)NC(=O)CNC(=O)N1CCC[C@@H]1C(=O)O. The van der Waals surface area contributed by atoms with Crippen molar-refractivity contribution in [2.24, 2.45) is 0 Å². The van der Waals surface area contributed by atoms with Crippen LogP contribution < -0.4 is 10.6 Å². The number of carboxylic acid groups (broad SMARTS) is 1. The van der Waals surface area contributed by atoms with Crippen molar-refractivity contribution < 1.29 is 19.5 Å². The summed E-state index contributed by atoms with van der Waals surface area (Å²) < 4.78 is 0. The number of carboxylic acids is 1. The van der Waals surface area contributed by atoms with Crippen LogP contribution in [0.4, 0.5) is 4.79 Å². The molecule has 1 fully saturated rings. The van der Waals surface area contributed by atoms with Gasteiger partial charge in [-0.3, -0.25) is 4.79 Å². The molecule has 0 spiro atoms. The van der Waals surface area contributed by atoms with Crippen molar-refractivity contribution in [3.8, 4) is 0 Å². The molecule has 1 atom stereocenters. The Morgan fingerprint density at radius 1 is 1.39 bits per heavy atom. The largest absolute Gasteiger partial charge is 0.480 e. The van der Waals surface area contributed by atoms with Gasteiger partial charge in [0.05, 0.1) is 6.54 Å². The van der Waals surface area contributed by atoms with Crippen molar-refractivity contribution >= 4 is 17.9 Å². The molecule has 7 heteroatoms. The number of aliphatic carboxylic acids is 1. The maximum atomic E-state index is 11.7. The first kappa shape index (κ1) is 14.3. The van der Waals surface area contributed by atoms with Gasteiger partial charge in [0, 0.05) is 12.6 Å². The molecule has 0 bridgehead atoms. The van der Waals surface area contributed by atoms with E-state index in [9.17, 15) is 14.4 Å². The molecule has 0 aromatic heterocycles. The van der Waals surface area contributed by atoms with Gasteiger partial charge in [-0.05, 0) is 26.7 Å². The third kappa shape index (κ3) is 3.90. The highest BCUT2D eigenvalue weighted by Gasteiger charge is 2.33. The molecule has 0 aromatic rings. The molecular formula is C11H19N3O4. The molecule has 0 unspecified atom stereocenters. The Hall–Kier alpha value is -1.79. The summed E-state index contributed by atoms with van der Waals surface area (Å²) >= 11 is 0. The Kier molecular flexibility index (Phi) is 4.94. The van der Waals surface area contributed by atoms with Crippen LogP contribution in [0.25, 0.3) is 0 Å². The zero-order valence-electron chi connectivity index (χ0n) is 10.6. The summed E-state index contributed by atoms with van der Waals surface area (Å²) in [6.45, 7) is 3.91. The van der Waals surface area contributed by atoms with Gasteiger partial charge in [-0.1, -0.05) is 0 Å². The number of likely N-dealkylation sites (tertiary alicyclic amines) is 1. The Bertz CT molecular complexity index is 343. The Balaban J connectivity index is 2.41. The fourth-order valence-electron chi connectivity index (χ4n) is 1.90. The van der Waals surface area contributed by atoms with E-state index in [0.717, 1.165) is 0 Å². The highest BCUT2D eigenvalue weighted by Crippen LogP contribution is 2.16. The predicted molar refractivity (Wildman–Crippen MR) is 64.0 cm³/mol. The summed E-state index contributed by atoms with van der Waals surface area (Å²) in [6.07, 6.45) is 1.13. The molecule has 0 aromatic carbocycles. The fourth-order valence-corrected chi connectivity index (χ4v) is 1.90. The molecule has 0 radical (unpaired) electrons. The van der Waals surface area contributed by atoms with Gasteiger partial charge in [-0.2, -0.15) is 0 Å². The molecule has 0 saturated carbocycles. The first-order valence-corrected chi connectivity index (χ1v) is 5.98. The second kappa shape index (κ2) is 6.23. The predicted octanol–water partition coefficient (Wildman–Crippen LogP) is -0.230. The zero-order valence-corrected chi connectivity index (χ0v) is 10.6. The molecule has 102 valence electrons. The van der Waals surface area contributed by atoms with Gasteiger partial charge < -0.3 is 20.6 Å². The van der Waals surface area contributed by atoms with E-state index in [2.05, 4.69) is 10.6 Å². The normalized spacial score (nSPS) is 18.8. The van der Waals surface area contributed by atoms with Gasteiger partial charge >= 0.3 is 12.0 Å². The van der Waals surface area contributed by atoms with Crippen molar-refractivity contribution in [3.63, 3.8) is 0 Å². The number of urea groups is 1. The van der Waals surface area contributed by atoms with E-state index in [1.165, 1.54) is 4.90 Å². The average Bonchev–Trinajstić information content (AvgIpc) is 2.73. The van der Waals surface area contributed by atoms with Gasteiger partial charge in [0.25, 0.3) is 0 Å². The second-order valence-corrected chi connectivity index (χ2v) is 4.57. The smallest absolute Gasteiger partial charge is 0.326 e. The summed E-state index contributed by atoms with van der Waals surface area (Å²) in [5, 5.41) is 14.0. The van der Waals surface area contributed by atoms with Crippen molar-refractivity contribution in [1.29, 1.82) is 0 Å². The standard InChI is InChI=1S/C11H19N3O4/c1-7(2)13-9(15)6-12-11(18)14-5-3-4-8(14)10(16)17/h7-8H,3-6H2,1-2H3,(H,12,18)(H,13,15)(H,16,17)/t8-/m1/s1. The number of nitrogens with zero attached hydrogens (tertiary/aromatic N) is 1. The van der Waals surface area contributed by atoms with Crippen LogP contribution in [0.5, 0.6) is 0 Å². The third-order valence-electron chi connectivity index (χ3n) is 2.65. The highest BCUT2D eigenvalue weighted by atomic mass is 16.4. The van der Waals surface area contributed by atoms with E-state index >= 15 is 0 Å². The molecule has 7 nitrogen and oxygen atoms in total. The van der Waals surface area contributed by atoms with Crippen LogP contribution in [0, 0.1) is 0 Å². The first-order valence-electron chi connectivity index (χ1n) is 5.98. The van der Waals surface area contributed by atoms with Crippen LogP contribution in [0.3, 0.4) is 0 Å². The fraction of sp³-hybridized carbons (Fsp3) is 0.727. The Labute approximate surface area is 106 Å². The van der Waals surface area contributed by atoms with E-state index in [4.69, 9.17) is 5.11 Å². The van der Waals surface area contributed by atoms with E-state index in [1.54, 1.807) is 0 Å². The average molecular weight is 257 g/mol. The Morgan fingerprint density at radius 2 is 2.06 bits per heavy atom. The van der Waals surface area contributed by atoms with E-state index < -0.39 is 18.0 Å². The summed E-state index contributed by atoms with van der Waals surface area (Å²) in [5.41, 5.74) is 0. The minimum atomic E-state index is -1.01. The maximum absolute atomic E-state index is 11.7. The summed E-state index contributed by atoms with van der Waals surface area (Å²) in [5.74, 6) is -1.29. The first-order chi connectivity index (χ1) is 8.41. The summed E-state index contributed by atoms with van der Waals surface area (Å²) in [7, 11) is 0. The van der Waals surface area contributed by atoms with E-state index in [-0.39, 0.29) is 18.5 Å². The number of carbonyl (C=O) groups excluding carboxylic acids is 2. The third-order valence-corrected chi connectivity index (χ3v) is 2.65. The minimum Gasteiger partial charge on any atom is -0.480 e. The van der Waals surface area contributed by atoms with Crippen LogP contribution in [0.15, 0.2) is 0 Å². The molecule has 18 heavy (non-hydrogen) atoms. The minimum absolute atomic E-state index is 0.00737. The van der Waals surface area contributed by atoms with Crippen molar-refractivity contribution in [1.82, 2.24) is 15.5 Å². The lowest BCUT2D eigenvalue weighted by Gasteiger charge is -2.21. The van der Waals surface area contributed by atoms with Crippen LogP contribution in [0.2, 0.25) is 0 Å². The summed E-state index contributed by atoms with van der Waals surface area (Å²) in [6, 6.07) is -1.27. The van der Waals surface area contributed by atoms with Gasteiger partial charge in [0.15, 0.2) is 0 Å². The van der Waals surface area contributed by atoms with Crippen molar-refractivity contribution in [2.75, 3.05) is 13.1 Å². The molecular weight excluding hydrogens is 238 g/mol. The number of amides is 3. The molecule has 1 rings (SSSR count). The molecule has 3 amide bonds. The molecule has 3 N–H and O–H groups in total. The topological polar surface area (TPSA) is 98.7 Å². The lowest BCUT2D eigenvalue weighted by molar-refractivity contribution is -0.141. The highest BCUT2D eigenvalue weighted by molar-refractivity contribution is 5.87. The maximum Gasteiger partial charge on any atom is 0.326 e. The van der Waals surface area contributed by atoms with Crippen LogP contribution >= 0.6 is 0 Å². The lowest BCUT2D eigenvalue weighted by atomic mass is 10.2. The van der Waals surface area contributed by atoms with Gasteiger partial charge in [-0.15, -0.1) is 0 Å². The van der Waals surface area contributed by atoms with Crippen LogP contribution in [-0.4, -0.2) is 53.1 Å². The number of hydrogen-bond donors (Lipinski definition) is 3. The molecule has 1 aliphatic rings. The molecule has 0 aliphatic carbocycles. The zero-order chi connectivity index (χ0) is 13.7. The molecule has 1 saturated heterocycles. The van der Waals surface area contributed by atoms with Crippen molar-refractivity contribution in [2.45, 2.75) is 38.8 Å². The lowest BCUT2D eigenvalue weighted by Crippen LogP contribution is -2.49. The number of hydrogen-bond acceptors (Lipinski definition) is 3. The van der Waals surface area contributed by atoms with E-state index in [0.29, 0.717) is 19.4 Å². The number of rotatable bonds is 4. The quantitative estimate of drug-likeness (QED) is 0.647. The number of carbonyl (C=O) groups is 3. The van der Waals surface area contributed by atoms with Gasteiger partial charge in [0.2, 0.25) is 5.91 Å². The van der Waals surface area contributed by atoms with Crippen LogP contribution in [-0.2, 0) is 9.59 Å². The van der Waals surface area contributed by atoms with Crippen molar-refractivity contribution in [3.05, 3.63) is 0 Å². The summed E-state index contributed by atoms with van der Waals surface area (Å²) in [4.78, 5) is 35.2. The monoisotopic (exact) mass is 257 g/mol. The van der Waals surface area contributed by atoms with Gasteiger partial charge in [-0.25, -0.2) is 9.59 Å². The second-order valence-electron chi connectivity index (χ2n) is 4.57. The number of nitrogens with one attached hydrogen (secondary N) is 2. The van der Waals surface area contributed by atoms with E-state index in [1.807, 2.05) is 13.8 Å². The Morgan fingerprint density at radius 3 is 2.61 bits per heavy atom. The molecule has 1 aliphatic heterocycles. The molecule has 1 heterocycles.